The van der Waals surface area contributed by atoms with Crippen LogP contribution in [0.4, 0.5) is 5.95 Å². The molecule has 0 unspecified atom stereocenters. The third-order valence-corrected chi connectivity index (χ3v) is 3.99. The van der Waals surface area contributed by atoms with Crippen LogP contribution >= 0.6 is 0 Å². The van der Waals surface area contributed by atoms with E-state index in [0.29, 0.717) is 22.5 Å². The van der Waals surface area contributed by atoms with E-state index in [1.165, 1.54) is 11.6 Å². The lowest BCUT2D eigenvalue weighted by Crippen LogP contribution is -2.26. The van der Waals surface area contributed by atoms with Crippen molar-refractivity contribution in [3.63, 3.8) is 0 Å². The molecule has 0 bridgehead atoms. The van der Waals surface area contributed by atoms with Gasteiger partial charge < -0.3 is 10.1 Å². The van der Waals surface area contributed by atoms with E-state index in [1.807, 2.05) is 18.2 Å². The number of esters is 1. The molecule has 0 aliphatic heterocycles. The van der Waals surface area contributed by atoms with E-state index in [1.54, 1.807) is 40.2 Å². The van der Waals surface area contributed by atoms with Crippen LogP contribution in [0.3, 0.4) is 0 Å². The number of ketones is 1. The molecule has 0 radical (unpaired) electrons. The summed E-state index contributed by atoms with van der Waals surface area (Å²) in [7, 11) is 1.75. The molecule has 0 amide bonds. The van der Waals surface area contributed by atoms with Gasteiger partial charge >= 0.3 is 5.97 Å². The van der Waals surface area contributed by atoms with Crippen molar-refractivity contribution in [3.8, 4) is 11.1 Å². The molecule has 0 spiro atoms. The van der Waals surface area contributed by atoms with Gasteiger partial charge in [-0.25, -0.2) is 9.97 Å². The SMILES string of the molecule is CNc1ncc(-c2ccc3c(c2)c(C(C)=O)nn3CC(=O)OC(C)(C)C)cn1. The molecular formula is C20H23N5O3. The molecule has 2 aromatic heterocycles. The van der Waals surface area contributed by atoms with Crippen molar-refractivity contribution in [1.82, 2.24) is 19.7 Å². The van der Waals surface area contributed by atoms with Crippen molar-refractivity contribution >= 4 is 28.6 Å². The Kier molecular flexibility index (Phi) is 5.13. The van der Waals surface area contributed by atoms with Gasteiger partial charge in [0, 0.05) is 37.3 Å². The van der Waals surface area contributed by atoms with Crippen LogP contribution < -0.4 is 5.32 Å². The molecular weight excluding hydrogens is 358 g/mol. The van der Waals surface area contributed by atoms with Crippen molar-refractivity contribution in [2.24, 2.45) is 0 Å². The quantitative estimate of drug-likeness (QED) is 0.535. The maximum Gasteiger partial charge on any atom is 0.328 e. The van der Waals surface area contributed by atoms with Crippen LogP contribution in [0.5, 0.6) is 0 Å². The van der Waals surface area contributed by atoms with E-state index in [2.05, 4.69) is 20.4 Å². The van der Waals surface area contributed by atoms with Gasteiger partial charge in [0.1, 0.15) is 17.8 Å². The fourth-order valence-electron chi connectivity index (χ4n) is 2.84. The molecule has 8 nitrogen and oxygen atoms in total. The van der Waals surface area contributed by atoms with Crippen LogP contribution in [-0.4, -0.2) is 44.1 Å². The highest BCUT2D eigenvalue weighted by atomic mass is 16.6. The Labute approximate surface area is 162 Å². The van der Waals surface area contributed by atoms with Crippen LogP contribution in [0, 0.1) is 0 Å². The van der Waals surface area contributed by atoms with E-state index < -0.39 is 11.6 Å². The Balaban J connectivity index is 2.01. The largest absolute Gasteiger partial charge is 0.459 e. The Morgan fingerprint density at radius 3 is 2.39 bits per heavy atom. The van der Waals surface area contributed by atoms with E-state index in [-0.39, 0.29) is 12.3 Å². The molecule has 2 heterocycles. The third-order valence-electron chi connectivity index (χ3n) is 3.99. The van der Waals surface area contributed by atoms with Crippen molar-refractivity contribution in [2.75, 3.05) is 12.4 Å². The van der Waals surface area contributed by atoms with Crippen molar-refractivity contribution in [1.29, 1.82) is 0 Å². The fourth-order valence-corrected chi connectivity index (χ4v) is 2.84. The summed E-state index contributed by atoms with van der Waals surface area (Å²) in [6.45, 7) is 6.81. The number of fused-ring (bicyclic) bond motifs is 1. The molecule has 0 aliphatic rings. The lowest BCUT2D eigenvalue weighted by Gasteiger charge is -2.19. The number of nitrogens with zero attached hydrogens (tertiary/aromatic N) is 4. The molecule has 8 heteroatoms. The third kappa shape index (κ3) is 4.16. The second-order valence-corrected chi connectivity index (χ2v) is 7.43. The summed E-state index contributed by atoms with van der Waals surface area (Å²) in [6, 6.07) is 5.58. The summed E-state index contributed by atoms with van der Waals surface area (Å²) in [5, 5.41) is 7.89. The number of benzene rings is 1. The van der Waals surface area contributed by atoms with Crippen LogP contribution in [-0.2, 0) is 16.1 Å². The molecule has 3 rings (SSSR count). The minimum Gasteiger partial charge on any atom is -0.459 e. The maximum atomic E-state index is 12.2. The fraction of sp³-hybridized carbons (Fsp3) is 0.350. The lowest BCUT2D eigenvalue weighted by molar-refractivity contribution is -0.155. The van der Waals surface area contributed by atoms with Gasteiger partial charge in [-0.3, -0.25) is 14.3 Å². The monoisotopic (exact) mass is 381 g/mol. The minimum atomic E-state index is -0.587. The normalized spacial score (nSPS) is 11.5. The Hall–Kier alpha value is -3.29. The number of carbonyl (C=O) groups excluding carboxylic acids is 2. The Bertz CT molecular complexity index is 1030. The van der Waals surface area contributed by atoms with E-state index >= 15 is 0 Å². The molecule has 0 fully saturated rings. The first-order valence-corrected chi connectivity index (χ1v) is 8.91. The minimum absolute atomic E-state index is 0.0691. The van der Waals surface area contributed by atoms with E-state index in [9.17, 15) is 9.59 Å². The Morgan fingerprint density at radius 2 is 1.82 bits per heavy atom. The molecule has 146 valence electrons. The van der Waals surface area contributed by atoms with Gasteiger partial charge in [0.05, 0.1) is 5.52 Å². The number of aromatic nitrogens is 4. The molecule has 0 aliphatic carbocycles. The zero-order chi connectivity index (χ0) is 20.5. The predicted octanol–water partition coefficient (Wildman–Crippen LogP) is 3.08. The number of hydrogen-bond donors (Lipinski definition) is 1. The van der Waals surface area contributed by atoms with Crippen molar-refractivity contribution in [2.45, 2.75) is 39.8 Å². The van der Waals surface area contributed by atoms with Gasteiger partial charge in [-0.2, -0.15) is 5.10 Å². The van der Waals surface area contributed by atoms with Gasteiger partial charge in [-0.15, -0.1) is 0 Å². The standard InChI is InChI=1S/C20H23N5O3/c1-12(26)18-15-8-13(14-9-22-19(21-5)23-10-14)6-7-16(15)25(24-18)11-17(27)28-20(2,3)4/h6-10H,11H2,1-5H3,(H,21,22,23). The topological polar surface area (TPSA) is 99.0 Å². The number of hydrogen-bond acceptors (Lipinski definition) is 7. The highest BCUT2D eigenvalue weighted by molar-refractivity contribution is 6.06. The van der Waals surface area contributed by atoms with E-state index in [4.69, 9.17) is 4.74 Å². The second-order valence-electron chi connectivity index (χ2n) is 7.43. The molecule has 3 aromatic rings. The number of carbonyl (C=O) groups is 2. The van der Waals surface area contributed by atoms with Crippen LogP contribution in [0.25, 0.3) is 22.0 Å². The zero-order valence-electron chi connectivity index (χ0n) is 16.6. The summed E-state index contributed by atoms with van der Waals surface area (Å²) >= 11 is 0. The van der Waals surface area contributed by atoms with Crippen molar-refractivity contribution in [3.05, 3.63) is 36.3 Å². The molecule has 1 aromatic carbocycles. The molecule has 0 saturated carbocycles. The lowest BCUT2D eigenvalue weighted by atomic mass is 10.0. The molecule has 0 saturated heterocycles. The number of rotatable bonds is 5. The summed E-state index contributed by atoms with van der Waals surface area (Å²) in [6.07, 6.45) is 3.41. The molecule has 1 N–H and O–H groups in total. The smallest absolute Gasteiger partial charge is 0.328 e. The van der Waals surface area contributed by atoms with Gasteiger partial charge in [0.25, 0.3) is 0 Å². The first-order valence-electron chi connectivity index (χ1n) is 8.91. The zero-order valence-corrected chi connectivity index (χ0v) is 16.6. The summed E-state index contributed by atoms with van der Waals surface area (Å²) in [5.41, 5.74) is 2.08. The highest BCUT2D eigenvalue weighted by Gasteiger charge is 2.20. The highest BCUT2D eigenvalue weighted by Crippen LogP contribution is 2.27. The first kappa shape index (κ1) is 19.5. The number of ether oxygens (including phenoxy) is 1. The number of anilines is 1. The average molecular weight is 381 g/mol. The van der Waals surface area contributed by atoms with Gasteiger partial charge in [0.15, 0.2) is 5.78 Å². The molecule has 0 atom stereocenters. The summed E-state index contributed by atoms with van der Waals surface area (Å²) in [4.78, 5) is 32.7. The average Bonchev–Trinajstić information content (AvgIpc) is 2.98. The summed E-state index contributed by atoms with van der Waals surface area (Å²) < 4.78 is 6.87. The van der Waals surface area contributed by atoms with Gasteiger partial charge in [-0.05, 0) is 38.5 Å². The second kappa shape index (κ2) is 7.38. The van der Waals surface area contributed by atoms with Gasteiger partial charge in [-0.1, -0.05) is 6.07 Å². The number of Topliss-reactive ketones (excluding diaryl/α,β-unsaturated/α-hetero) is 1. The van der Waals surface area contributed by atoms with Crippen molar-refractivity contribution < 1.29 is 14.3 Å². The van der Waals surface area contributed by atoms with Crippen LogP contribution in [0.15, 0.2) is 30.6 Å². The van der Waals surface area contributed by atoms with Gasteiger partial charge in [0.2, 0.25) is 5.95 Å². The summed E-state index contributed by atoms with van der Waals surface area (Å²) in [5.74, 6) is -0.0570. The van der Waals surface area contributed by atoms with E-state index in [0.717, 1.165) is 11.1 Å². The van der Waals surface area contributed by atoms with Crippen LogP contribution in [0.1, 0.15) is 38.2 Å². The first-order chi connectivity index (χ1) is 13.2. The molecule has 28 heavy (non-hydrogen) atoms. The van der Waals surface area contributed by atoms with Crippen LogP contribution in [0.2, 0.25) is 0 Å². The Morgan fingerprint density at radius 1 is 1.14 bits per heavy atom. The number of nitrogens with one attached hydrogen (secondary N) is 1. The maximum absolute atomic E-state index is 12.2. The predicted molar refractivity (Wildman–Crippen MR) is 106 cm³/mol.